The van der Waals surface area contributed by atoms with Gasteiger partial charge in [0.05, 0.1) is 12.7 Å². The van der Waals surface area contributed by atoms with Gasteiger partial charge >= 0.3 is 5.97 Å². The summed E-state index contributed by atoms with van der Waals surface area (Å²) < 4.78 is 21.5. The molecule has 0 bridgehead atoms. The fourth-order valence-corrected chi connectivity index (χ4v) is 2.84. The molecule has 0 aromatic heterocycles. The van der Waals surface area contributed by atoms with Crippen LogP contribution < -0.4 is 14.2 Å². The van der Waals surface area contributed by atoms with Crippen LogP contribution in [0.2, 0.25) is 0 Å². The van der Waals surface area contributed by atoms with Crippen molar-refractivity contribution in [2.24, 2.45) is 0 Å². The van der Waals surface area contributed by atoms with Crippen LogP contribution in [-0.2, 0) is 10.2 Å². The van der Waals surface area contributed by atoms with Gasteiger partial charge in [-0.1, -0.05) is 45.0 Å². The molecule has 1 aliphatic rings. The van der Waals surface area contributed by atoms with Gasteiger partial charge in [0.15, 0.2) is 23.9 Å². The fraction of sp³-hybridized carbons (Fsp3) is 0.364. The zero-order valence-electron chi connectivity index (χ0n) is 16.5. The minimum Gasteiger partial charge on any atom is -0.493 e. The first-order valence-electron chi connectivity index (χ1n) is 9.08. The van der Waals surface area contributed by atoms with Crippen molar-refractivity contribution < 1.29 is 28.5 Å². The van der Waals surface area contributed by atoms with E-state index in [2.05, 4.69) is 20.8 Å². The molecule has 0 spiro atoms. The van der Waals surface area contributed by atoms with Crippen molar-refractivity contribution in [3.05, 3.63) is 53.1 Å². The third-order valence-corrected chi connectivity index (χ3v) is 4.47. The molecule has 0 amide bonds. The maximum atomic E-state index is 12.4. The number of rotatable bonds is 5. The molecule has 1 aliphatic heterocycles. The number of ketones is 1. The van der Waals surface area contributed by atoms with Gasteiger partial charge in [-0.2, -0.15) is 0 Å². The molecule has 6 nitrogen and oxygen atoms in total. The van der Waals surface area contributed by atoms with Crippen molar-refractivity contribution in [1.29, 1.82) is 0 Å². The lowest BCUT2D eigenvalue weighted by atomic mass is 9.86. The van der Waals surface area contributed by atoms with E-state index in [-0.39, 0.29) is 23.4 Å². The second kappa shape index (κ2) is 7.92. The van der Waals surface area contributed by atoms with Crippen molar-refractivity contribution in [3.8, 4) is 17.2 Å². The maximum Gasteiger partial charge on any atom is 0.338 e. The average Bonchev–Trinajstić information content (AvgIpc) is 2.70. The number of carbonyl (C=O) groups is 2. The predicted octanol–water partition coefficient (Wildman–Crippen LogP) is 3.80. The fourth-order valence-electron chi connectivity index (χ4n) is 2.84. The van der Waals surface area contributed by atoms with E-state index in [9.17, 15) is 9.59 Å². The lowest BCUT2D eigenvalue weighted by Crippen LogP contribution is -2.18. The second-order valence-corrected chi connectivity index (χ2v) is 7.53. The van der Waals surface area contributed by atoms with Crippen LogP contribution in [0, 0.1) is 0 Å². The normalized spacial score (nSPS) is 13.0. The highest BCUT2D eigenvalue weighted by Gasteiger charge is 2.22. The SMILES string of the molecule is COc1cc(C(=O)OCC(=O)c2ccc(C(C)(C)C)cc2)cc2c1OCCO2. The van der Waals surface area contributed by atoms with Gasteiger partial charge in [-0.05, 0) is 23.1 Å². The highest BCUT2D eigenvalue weighted by Crippen LogP contribution is 2.40. The van der Waals surface area contributed by atoms with Crippen LogP contribution in [0.25, 0.3) is 0 Å². The number of hydrogen-bond donors (Lipinski definition) is 0. The maximum absolute atomic E-state index is 12.4. The van der Waals surface area contributed by atoms with E-state index in [0.29, 0.717) is 36.0 Å². The standard InChI is InChI=1S/C22H24O6/c1-22(2,3)16-7-5-14(6-8-16)17(23)13-28-21(24)15-11-18(25-4)20-19(12-15)26-9-10-27-20/h5-8,11-12H,9-10,13H2,1-4H3. The Labute approximate surface area is 164 Å². The van der Waals surface area contributed by atoms with Crippen LogP contribution >= 0.6 is 0 Å². The van der Waals surface area contributed by atoms with Gasteiger partial charge in [0.1, 0.15) is 13.2 Å². The van der Waals surface area contributed by atoms with Gasteiger partial charge in [0.2, 0.25) is 5.75 Å². The minimum atomic E-state index is -0.630. The Morgan fingerprint density at radius 1 is 1.00 bits per heavy atom. The highest BCUT2D eigenvalue weighted by molar-refractivity contribution is 5.99. The third kappa shape index (κ3) is 4.27. The average molecular weight is 384 g/mol. The minimum absolute atomic E-state index is 0.00529. The van der Waals surface area contributed by atoms with Crippen molar-refractivity contribution in [1.82, 2.24) is 0 Å². The van der Waals surface area contributed by atoms with Crippen molar-refractivity contribution in [2.45, 2.75) is 26.2 Å². The number of fused-ring (bicyclic) bond motifs is 1. The number of carbonyl (C=O) groups excluding carboxylic acids is 2. The summed E-state index contributed by atoms with van der Waals surface area (Å²) in [5.41, 5.74) is 1.87. The number of benzene rings is 2. The molecular formula is C22H24O6. The molecule has 1 heterocycles. The molecule has 0 fully saturated rings. The molecule has 2 aromatic carbocycles. The number of Topliss-reactive ketones (excluding diaryl/α,β-unsaturated/α-hetero) is 1. The van der Waals surface area contributed by atoms with E-state index in [1.165, 1.54) is 19.2 Å². The molecule has 0 radical (unpaired) electrons. The molecule has 0 saturated heterocycles. The Kier molecular flexibility index (Phi) is 5.58. The monoisotopic (exact) mass is 384 g/mol. The molecule has 0 N–H and O–H groups in total. The van der Waals surface area contributed by atoms with Gasteiger partial charge in [-0.3, -0.25) is 4.79 Å². The number of ether oxygens (including phenoxy) is 4. The Bertz CT molecular complexity index is 860. The Hall–Kier alpha value is -3.02. The first-order chi connectivity index (χ1) is 13.3. The van der Waals surface area contributed by atoms with E-state index < -0.39 is 5.97 Å². The molecular weight excluding hydrogens is 360 g/mol. The lowest BCUT2D eigenvalue weighted by molar-refractivity contribution is 0.0473. The molecule has 6 heteroatoms. The van der Waals surface area contributed by atoms with Crippen LogP contribution in [0.1, 0.15) is 47.1 Å². The van der Waals surface area contributed by atoms with Crippen molar-refractivity contribution in [2.75, 3.05) is 26.9 Å². The highest BCUT2D eigenvalue weighted by atomic mass is 16.6. The third-order valence-electron chi connectivity index (χ3n) is 4.47. The van der Waals surface area contributed by atoms with Crippen molar-refractivity contribution >= 4 is 11.8 Å². The van der Waals surface area contributed by atoms with Crippen LogP contribution in [0.5, 0.6) is 17.2 Å². The molecule has 2 aromatic rings. The number of esters is 1. The van der Waals surface area contributed by atoms with Crippen LogP contribution in [0.3, 0.4) is 0 Å². The van der Waals surface area contributed by atoms with Gasteiger partial charge in [0.25, 0.3) is 0 Å². The van der Waals surface area contributed by atoms with Crippen molar-refractivity contribution in [3.63, 3.8) is 0 Å². The molecule has 148 valence electrons. The van der Waals surface area contributed by atoms with E-state index >= 15 is 0 Å². The van der Waals surface area contributed by atoms with Gasteiger partial charge < -0.3 is 18.9 Å². The van der Waals surface area contributed by atoms with Crippen LogP contribution in [-0.4, -0.2) is 38.7 Å². The molecule has 3 rings (SSSR count). The van der Waals surface area contributed by atoms with Crippen LogP contribution in [0.4, 0.5) is 0 Å². The molecule has 0 aliphatic carbocycles. The first-order valence-corrected chi connectivity index (χ1v) is 9.08. The molecule has 0 unspecified atom stereocenters. The van der Waals surface area contributed by atoms with Gasteiger partial charge in [0, 0.05) is 5.56 Å². The largest absolute Gasteiger partial charge is 0.493 e. The summed E-state index contributed by atoms with van der Waals surface area (Å²) in [6.45, 7) is 6.77. The molecule has 0 saturated carbocycles. The van der Waals surface area contributed by atoms with Gasteiger partial charge in [-0.25, -0.2) is 4.79 Å². The lowest BCUT2D eigenvalue weighted by Gasteiger charge is -2.21. The van der Waals surface area contributed by atoms with E-state index in [1.54, 1.807) is 12.1 Å². The first kappa shape index (κ1) is 19.7. The summed E-state index contributed by atoms with van der Waals surface area (Å²) in [5.74, 6) is 0.364. The molecule has 28 heavy (non-hydrogen) atoms. The number of hydrogen-bond acceptors (Lipinski definition) is 6. The van der Waals surface area contributed by atoms with E-state index in [4.69, 9.17) is 18.9 Å². The Balaban J connectivity index is 1.67. The quantitative estimate of drug-likeness (QED) is 0.577. The summed E-state index contributed by atoms with van der Waals surface area (Å²) in [7, 11) is 1.48. The summed E-state index contributed by atoms with van der Waals surface area (Å²) in [6, 6.07) is 10.4. The van der Waals surface area contributed by atoms with E-state index in [1.807, 2.05) is 12.1 Å². The smallest absolute Gasteiger partial charge is 0.338 e. The summed E-state index contributed by atoms with van der Waals surface area (Å²) in [6.07, 6.45) is 0. The summed E-state index contributed by atoms with van der Waals surface area (Å²) >= 11 is 0. The van der Waals surface area contributed by atoms with E-state index in [0.717, 1.165) is 5.56 Å². The topological polar surface area (TPSA) is 71.1 Å². The van der Waals surface area contributed by atoms with Gasteiger partial charge in [-0.15, -0.1) is 0 Å². The second-order valence-electron chi connectivity index (χ2n) is 7.53. The van der Waals surface area contributed by atoms with Crippen LogP contribution in [0.15, 0.2) is 36.4 Å². The Morgan fingerprint density at radius 3 is 2.32 bits per heavy atom. The molecule has 0 atom stereocenters. The number of methoxy groups -OCH3 is 1. The Morgan fingerprint density at radius 2 is 1.68 bits per heavy atom. The summed E-state index contributed by atoms with van der Waals surface area (Å²) in [4.78, 5) is 24.7. The zero-order valence-corrected chi connectivity index (χ0v) is 16.5. The summed E-state index contributed by atoms with van der Waals surface area (Å²) in [5, 5.41) is 0. The zero-order chi connectivity index (χ0) is 20.3. The predicted molar refractivity (Wildman–Crippen MR) is 104 cm³/mol.